The standard InChI is InChI=1S/C18H28O6/c19-11-12(20)14-16(24-18(22-14)9-5-2-6-10-18)15-13(11)21-17(23-15)7-3-1-4-8-17/h11-16,19-20H,1-10H2/t11-,12-,13-,14+,15+,16-/m1/s1. The van der Waals surface area contributed by atoms with Crippen molar-refractivity contribution in [3.63, 3.8) is 0 Å². The van der Waals surface area contributed by atoms with E-state index in [1.165, 1.54) is 12.8 Å². The van der Waals surface area contributed by atoms with E-state index >= 15 is 0 Å². The molecule has 2 N–H and O–H groups in total. The molecule has 2 saturated heterocycles. The van der Waals surface area contributed by atoms with Crippen LogP contribution >= 0.6 is 0 Å². The van der Waals surface area contributed by atoms with Gasteiger partial charge in [0.25, 0.3) is 0 Å². The highest BCUT2D eigenvalue weighted by Gasteiger charge is 2.65. The predicted molar refractivity (Wildman–Crippen MR) is 83.1 cm³/mol. The van der Waals surface area contributed by atoms with Crippen molar-refractivity contribution in [2.24, 2.45) is 0 Å². The van der Waals surface area contributed by atoms with E-state index in [2.05, 4.69) is 0 Å². The topological polar surface area (TPSA) is 77.4 Å². The lowest BCUT2D eigenvalue weighted by Gasteiger charge is -2.38. The molecule has 0 unspecified atom stereocenters. The first-order chi connectivity index (χ1) is 11.6. The smallest absolute Gasteiger partial charge is 0.169 e. The summed E-state index contributed by atoms with van der Waals surface area (Å²) in [5.74, 6) is -1.20. The number of hydrogen-bond donors (Lipinski definition) is 2. The molecule has 0 aromatic rings. The fraction of sp³-hybridized carbons (Fsp3) is 1.00. The molecule has 6 atom stereocenters. The van der Waals surface area contributed by atoms with Crippen LogP contribution in [0.4, 0.5) is 0 Å². The monoisotopic (exact) mass is 340 g/mol. The van der Waals surface area contributed by atoms with Crippen molar-refractivity contribution in [1.29, 1.82) is 0 Å². The van der Waals surface area contributed by atoms with Gasteiger partial charge in [-0.1, -0.05) is 12.8 Å². The quantitative estimate of drug-likeness (QED) is 0.698. The molecule has 5 aliphatic rings. The zero-order chi connectivity index (χ0) is 16.4. The lowest BCUT2D eigenvalue weighted by molar-refractivity contribution is -0.224. The number of ether oxygens (including phenoxy) is 4. The van der Waals surface area contributed by atoms with Gasteiger partial charge in [0.1, 0.15) is 36.6 Å². The molecular formula is C18H28O6. The Morgan fingerprint density at radius 3 is 1.21 bits per heavy atom. The van der Waals surface area contributed by atoms with Crippen molar-refractivity contribution in [2.45, 2.75) is 112 Å². The van der Waals surface area contributed by atoms with Gasteiger partial charge in [-0.2, -0.15) is 0 Å². The summed E-state index contributed by atoms with van der Waals surface area (Å²) in [4.78, 5) is 0. The van der Waals surface area contributed by atoms with Crippen LogP contribution in [-0.4, -0.2) is 58.4 Å². The third kappa shape index (κ3) is 2.31. The molecule has 24 heavy (non-hydrogen) atoms. The minimum atomic E-state index is -0.986. The first-order valence-corrected chi connectivity index (χ1v) is 9.69. The van der Waals surface area contributed by atoms with Gasteiger partial charge in [0.2, 0.25) is 0 Å². The highest BCUT2D eigenvalue weighted by molar-refractivity contribution is 5.09. The van der Waals surface area contributed by atoms with Crippen LogP contribution in [0.25, 0.3) is 0 Å². The summed E-state index contributed by atoms with van der Waals surface area (Å²) in [6.07, 6.45) is 6.38. The third-order valence-corrected chi connectivity index (χ3v) is 6.63. The van der Waals surface area contributed by atoms with E-state index in [1.807, 2.05) is 0 Å². The Balaban J connectivity index is 1.42. The van der Waals surface area contributed by atoms with Crippen LogP contribution in [0.2, 0.25) is 0 Å². The van der Waals surface area contributed by atoms with Gasteiger partial charge in [-0.15, -0.1) is 0 Å². The van der Waals surface area contributed by atoms with E-state index in [-0.39, 0.29) is 12.2 Å². The van der Waals surface area contributed by atoms with E-state index < -0.39 is 36.0 Å². The van der Waals surface area contributed by atoms with Crippen LogP contribution < -0.4 is 0 Å². The fourth-order valence-electron chi connectivity index (χ4n) is 5.39. The normalized spacial score (nSPS) is 49.2. The van der Waals surface area contributed by atoms with Gasteiger partial charge >= 0.3 is 0 Å². The van der Waals surface area contributed by atoms with Gasteiger partial charge in [0, 0.05) is 25.7 Å². The molecule has 3 saturated carbocycles. The van der Waals surface area contributed by atoms with Crippen LogP contribution in [0.3, 0.4) is 0 Å². The van der Waals surface area contributed by atoms with Crippen LogP contribution in [0, 0.1) is 0 Å². The van der Waals surface area contributed by atoms with Crippen molar-refractivity contribution >= 4 is 0 Å². The largest absolute Gasteiger partial charge is 0.387 e. The molecule has 0 aromatic heterocycles. The summed E-state index contributed by atoms with van der Waals surface area (Å²) in [6, 6.07) is 0. The minimum Gasteiger partial charge on any atom is -0.387 e. The summed E-state index contributed by atoms with van der Waals surface area (Å²) in [5, 5.41) is 21.2. The molecule has 0 bridgehead atoms. The Bertz CT molecular complexity index is 440. The van der Waals surface area contributed by atoms with Gasteiger partial charge in [-0.05, 0) is 25.7 Å². The maximum atomic E-state index is 10.6. The van der Waals surface area contributed by atoms with Crippen LogP contribution in [0.1, 0.15) is 64.2 Å². The number of hydrogen-bond acceptors (Lipinski definition) is 6. The molecule has 5 fully saturated rings. The molecule has 0 radical (unpaired) electrons. The predicted octanol–water partition coefficient (Wildman–Crippen LogP) is 1.61. The number of rotatable bonds is 0. The fourth-order valence-corrected chi connectivity index (χ4v) is 5.39. The first kappa shape index (κ1) is 16.0. The second kappa shape index (κ2) is 5.63. The Morgan fingerprint density at radius 1 is 0.500 bits per heavy atom. The summed E-state index contributed by atoms with van der Waals surface area (Å²) in [7, 11) is 0. The average Bonchev–Trinajstić information content (AvgIpc) is 3.14. The highest BCUT2D eigenvalue weighted by Crippen LogP contribution is 2.51. The summed E-state index contributed by atoms with van der Waals surface area (Å²) in [5.41, 5.74) is 0. The molecule has 0 aromatic carbocycles. The maximum absolute atomic E-state index is 10.6. The van der Waals surface area contributed by atoms with Crippen molar-refractivity contribution in [3.05, 3.63) is 0 Å². The van der Waals surface area contributed by atoms with E-state index in [1.54, 1.807) is 0 Å². The Morgan fingerprint density at radius 2 is 0.833 bits per heavy atom. The Labute approximate surface area is 142 Å². The van der Waals surface area contributed by atoms with Gasteiger partial charge in [-0.3, -0.25) is 0 Å². The lowest BCUT2D eigenvalue weighted by Crippen LogP contribution is -2.61. The van der Waals surface area contributed by atoms with Crippen molar-refractivity contribution in [1.82, 2.24) is 0 Å². The van der Waals surface area contributed by atoms with Crippen molar-refractivity contribution in [3.8, 4) is 0 Å². The van der Waals surface area contributed by atoms with Crippen LogP contribution in [0.15, 0.2) is 0 Å². The zero-order valence-electron chi connectivity index (χ0n) is 14.1. The maximum Gasteiger partial charge on any atom is 0.169 e. The van der Waals surface area contributed by atoms with Gasteiger partial charge in [0.15, 0.2) is 11.6 Å². The SMILES string of the molecule is O[C@@H]1[C@@H](O)[C@@H]2OC3(CCCCC3)O[C@H]2[C@H]2OC3(CCCCC3)O[C@H]12. The van der Waals surface area contributed by atoms with Crippen molar-refractivity contribution < 1.29 is 29.2 Å². The van der Waals surface area contributed by atoms with Gasteiger partial charge in [0.05, 0.1) is 0 Å². The molecule has 3 aliphatic carbocycles. The van der Waals surface area contributed by atoms with E-state index in [4.69, 9.17) is 18.9 Å². The Kier molecular flexibility index (Phi) is 3.75. The number of fused-ring (bicyclic) bond motifs is 3. The second-order valence-corrected chi connectivity index (χ2v) is 8.25. The van der Waals surface area contributed by atoms with E-state index in [9.17, 15) is 10.2 Å². The molecular weight excluding hydrogens is 312 g/mol. The van der Waals surface area contributed by atoms with Crippen molar-refractivity contribution in [2.75, 3.05) is 0 Å². The van der Waals surface area contributed by atoms with Gasteiger partial charge < -0.3 is 29.2 Å². The second-order valence-electron chi connectivity index (χ2n) is 8.25. The lowest BCUT2D eigenvalue weighted by atomic mass is 9.85. The third-order valence-electron chi connectivity index (χ3n) is 6.63. The average molecular weight is 340 g/mol. The van der Waals surface area contributed by atoms with Crippen LogP contribution in [-0.2, 0) is 18.9 Å². The summed E-state index contributed by atoms with van der Waals surface area (Å²) >= 11 is 0. The summed E-state index contributed by atoms with van der Waals surface area (Å²) in [6.45, 7) is 0. The molecule has 2 aliphatic heterocycles. The van der Waals surface area contributed by atoms with Gasteiger partial charge in [-0.25, -0.2) is 0 Å². The zero-order valence-corrected chi connectivity index (χ0v) is 14.1. The van der Waals surface area contributed by atoms with Crippen LogP contribution in [0.5, 0.6) is 0 Å². The van der Waals surface area contributed by atoms with E-state index in [0.717, 1.165) is 51.4 Å². The summed E-state index contributed by atoms with van der Waals surface area (Å²) < 4.78 is 25.1. The molecule has 136 valence electrons. The molecule has 2 heterocycles. The number of aliphatic hydroxyl groups excluding tert-OH is 2. The van der Waals surface area contributed by atoms with E-state index in [0.29, 0.717) is 0 Å². The molecule has 6 nitrogen and oxygen atoms in total. The Hall–Kier alpha value is -0.240. The molecule has 5 rings (SSSR count). The molecule has 2 spiro atoms. The number of aliphatic hydroxyl groups is 2. The minimum absolute atomic E-state index is 0.354. The molecule has 0 amide bonds. The molecule has 6 heteroatoms. The highest BCUT2D eigenvalue weighted by atomic mass is 16.8. The first-order valence-electron chi connectivity index (χ1n) is 9.69.